The molecular weight excluding hydrogens is 278 g/mol. The molecule has 1 aromatic rings. The van der Waals surface area contributed by atoms with Gasteiger partial charge < -0.3 is 5.32 Å². The van der Waals surface area contributed by atoms with E-state index >= 15 is 0 Å². The van der Waals surface area contributed by atoms with Gasteiger partial charge in [-0.1, -0.05) is 24.2 Å². The number of anilines is 1. The molecule has 1 aromatic carbocycles. The molecule has 0 aliphatic carbocycles. The van der Waals surface area contributed by atoms with E-state index in [1.165, 1.54) is 11.1 Å². The summed E-state index contributed by atoms with van der Waals surface area (Å²) in [4.78, 5) is 23.3. The van der Waals surface area contributed by atoms with Crippen LogP contribution in [0.15, 0.2) is 24.8 Å². The number of aryl methyl sites for hydroxylation is 2. The van der Waals surface area contributed by atoms with Crippen molar-refractivity contribution >= 4 is 29.1 Å². The van der Waals surface area contributed by atoms with E-state index in [0.717, 1.165) is 11.1 Å². The highest BCUT2D eigenvalue weighted by molar-refractivity contribution is 6.34. The maximum atomic E-state index is 12.1. The maximum absolute atomic E-state index is 12.1. The van der Waals surface area contributed by atoms with Gasteiger partial charge in [0.25, 0.3) is 0 Å². The molecule has 1 aliphatic rings. The highest BCUT2D eigenvalue weighted by atomic mass is 35.5. The van der Waals surface area contributed by atoms with Crippen molar-refractivity contribution in [3.8, 4) is 0 Å². The standard InChI is InChI=1S/C14H16ClN3O2/c1-4-12(19)16-11-7-13(20)18(17-11)14-9(3)5-8(2)6-10(14)15/h4-6,11,17H,1,7H2,2-3H3,(H,16,19). The number of nitrogens with one attached hydrogen (secondary N) is 2. The number of amides is 2. The molecule has 2 amide bonds. The Kier molecular flexibility index (Phi) is 4.11. The number of halogens is 1. The van der Waals surface area contributed by atoms with E-state index in [9.17, 15) is 9.59 Å². The molecule has 1 aliphatic heterocycles. The van der Waals surface area contributed by atoms with E-state index in [-0.39, 0.29) is 18.2 Å². The second-order valence-corrected chi connectivity index (χ2v) is 5.15. The number of nitrogens with zero attached hydrogens (tertiary/aromatic N) is 1. The first-order chi connectivity index (χ1) is 9.42. The zero-order valence-corrected chi connectivity index (χ0v) is 12.1. The van der Waals surface area contributed by atoms with Gasteiger partial charge in [0.2, 0.25) is 11.8 Å². The van der Waals surface area contributed by atoms with E-state index in [1.807, 2.05) is 19.9 Å². The normalized spacial score (nSPS) is 18.2. The summed E-state index contributed by atoms with van der Waals surface area (Å²) in [6.07, 6.45) is 0.882. The molecule has 2 N–H and O–H groups in total. The zero-order valence-electron chi connectivity index (χ0n) is 11.4. The van der Waals surface area contributed by atoms with Gasteiger partial charge >= 0.3 is 0 Å². The second-order valence-electron chi connectivity index (χ2n) is 4.74. The first-order valence-electron chi connectivity index (χ1n) is 6.21. The van der Waals surface area contributed by atoms with Crippen LogP contribution in [0.3, 0.4) is 0 Å². The fourth-order valence-electron chi connectivity index (χ4n) is 2.23. The van der Waals surface area contributed by atoms with Gasteiger partial charge in [0.1, 0.15) is 6.17 Å². The van der Waals surface area contributed by atoms with Crippen LogP contribution in [0.1, 0.15) is 17.5 Å². The molecule has 1 unspecified atom stereocenters. The van der Waals surface area contributed by atoms with Crippen LogP contribution in [0.2, 0.25) is 5.02 Å². The van der Waals surface area contributed by atoms with Gasteiger partial charge in [-0.05, 0) is 37.1 Å². The van der Waals surface area contributed by atoms with Crippen molar-refractivity contribution in [1.29, 1.82) is 0 Å². The fourth-order valence-corrected chi connectivity index (χ4v) is 2.64. The lowest BCUT2D eigenvalue weighted by Crippen LogP contribution is -2.46. The van der Waals surface area contributed by atoms with Crippen molar-refractivity contribution in [3.63, 3.8) is 0 Å². The van der Waals surface area contributed by atoms with Gasteiger partial charge in [-0.3, -0.25) is 9.59 Å². The Bertz CT molecular complexity index is 563. The summed E-state index contributed by atoms with van der Waals surface area (Å²) in [7, 11) is 0. The molecule has 1 atom stereocenters. The molecule has 1 heterocycles. The fraction of sp³-hybridized carbons (Fsp3) is 0.286. The largest absolute Gasteiger partial charge is 0.335 e. The number of hydrogen-bond donors (Lipinski definition) is 2. The minimum Gasteiger partial charge on any atom is -0.335 e. The molecule has 106 valence electrons. The van der Waals surface area contributed by atoms with Crippen molar-refractivity contribution in [1.82, 2.24) is 10.7 Å². The van der Waals surface area contributed by atoms with Gasteiger partial charge in [-0.15, -0.1) is 0 Å². The minimum atomic E-state index is -0.454. The predicted octanol–water partition coefficient (Wildman–Crippen LogP) is 1.83. The van der Waals surface area contributed by atoms with E-state index in [1.54, 1.807) is 6.07 Å². The van der Waals surface area contributed by atoms with E-state index in [2.05, 4.69) is 17.3 Å². The lowest BCUT2D eigenvalue weighted by Gasteiger charge is -2.22. The van der Waals surface area contributed by atoms with Crippen molar-refractivity contribution in [3.05, 3.63) is 40.9 Å². The molecule has 0 bridgehead atoms. The van der Waals surface area contributed by atoms with Crippen LogP contribution < -0.4 is 15.8 Å². The van der Waals surface area contributed by atoms with Crippen LogP contribution in [-0.2, 0) is 9.59 Å². The first-order valence-corrected chi connectivity index (χ1v) is 6.59. The number of hydrogen-bond acceptors (Lipinski definition) is 3. The molecule has 1 fully saturated rings. The van der Waals surface area contributed by atoms with Gasteiger partial charge in [-0.2, -0.15) is 0 Å². The Labute approximate surface area is 122 Å². The lowest BCUT2D eigenvalue weighted by molar-refractivity contribution is -0.117. The highest BCUT2D eigenvalue weighted by Crippen LogP contribution is 2.32. The zero-order chi connectivity index (χ0) is 14.9. The molecule has 5 nitrogen and oxygen atoms in total. The van der Waals surface area contributed by atoms with E-state index in [4.69, 9.17) is 11.6 Å². The van der Waals surface area contributed by atoms with Crippen LogP contribution in [0, 0.1) is 13.8 Å². The third kappa shape index (κ3) is 2.84. The molecule has 1 saturated heterocycles. The molecule has 0 spiro atoms. The van der Waals surface area contributed by atoms with Crippen LogP contribution in [-0.4, -0.2) is 18.0 Å². The average Bonchev–Trinajstić information content (AvgIpc) is 2.69. The van der Waals surface area contributed by atoms with Gasteiger partial charge in [0.15, 0.2) is 0 Å². The van der Waals surface area contributed by atoms with Gasteiger partial charge in [0.05, 0.1) is 17.1 Å². The molecule has 0 saturated carbocycles. The van der Waals surface area contributed by atoms with Crippen molar-refractivity contribution in [2.75, 3.05) is 5.01 Å². The minimum absolute atomic E-state index is 0.145. The summed E-state index contributed by atoms with van der Waals surface area (Å²) >= 11 is 6.22. The number of benzene rings is 1. The third-order valence-corrected chi connectivity index (χ3v) is 3.33. The van der Waals surface area contributed by atoms with Crippen molar-refractivity contribution in [2.24, 2.45) is 0 Å². The SMILES string of the molecule is C=CC(=O)NC1CC(=O)N(c2c(C)cc(C)cc2Cl)N1. The summed E-state index contributed by atoms with van der Waals surface area (Å²) in [5, 5.41) is 4.53. The van der Waals surface area contributed by atoms with E-state index in [0.29, 0.717) is 10.7 Å². The molecule has 6 heteroatoms. The summed E-state index contributed by atoms with van der Waals surface area (Å²) in [5.41, 5.74) is 5.49. The van der Waals surface area contributed by atoms with Crippen molar-refractivity contribution < 1.29 is 9.59 Å². The van der Waals surface area contributed by atoms with Crippen LogP contribution >= 0.6 is 11.6 Å². The number of rotatable bonds is 3. The Morgan fingerprint density at radius 1 is 1.55 bits per heavy atom. The van der Waals surface area contributed by atoms with Crippen LogP contribution in [0.4, 0.5) is 5.69 Å². The Morgan fingerprint density at radius 2 is 2.25 bits per heavy atom. The van der Waals surface area contributed by atoms with Gasteiger partial charge in [-0.25, -0.2) is 10.4 Å². The molecule has 0 radical (unpaired) electrons. The summed E-state index contributed by atoms with van der Waals surface area (Å²) in [5.74, 6) is -0.475. The quantitative estimate of drug-likeness (QED) is 0.836. The first kappa shape index (κ1) is 14.6. The van der Waals surface area contributed by atoms with E-state index < -0.39 is 6.17 Å². The number of carbonyl (C=O) groups excluding carboxylic acids is 2. The molecule has 0 aromatic heterocycles. The number of hydrazine groups is 1. The molecule has 20 heavy (non-hydrogen) atoms. The predicted molar refractivity (Wildman–Crippen MR) is 78.3 cm³/mol. The number of carbonyl (C=O) groups is 2. The summed E-state index contributed by atoms with van der Waals surface area (Å²) < 4.78 is 0. The third-order valence-electron chi connectivity index (χ3n) is 3.04. The average molecular weight is 294 g/mol. The summed E-state index contributed by atoms with van der Waals surface area (Å²) in [6, 6.07) is 3.75. The Hall–Kier alpha value is -1.85. The molecule has 2 rings (SSSR count). The monoisotopic (exact) mass is 293 g/mol. The highest BCUT2D eigenvalue weighted by Gasteiger charge is 2.32. The Balaban J connectivity index is 2.24. The Morgan fingerprint density at radius 3 is 2.85 bits per heavy atom. The van der Waals surface area contributed by atoms with Gasteiger partial charge in [0, 0.05) is 0 Å². The molecular formula is C14H16ClN3O2. The second kappa shape index (κ2) is 5.64. The smallest absolute Gasteiger partial charge is 0.244 e. The van der Waals surface area contributed by atoms with Crippen LogP contribution in [0.25, 0.3) is 0 Å². The maximum Gasteiger partial charge on any atom is 0.244 e. The van der Waals surface area contributed by atoms with Crippen molar-refractivity contribution in [2.45, 2.75) is 26.4 Å². The summed E-state index contributed by atoms with van der Waals surface area (Å²) in [6.45, 7) is 7.20. The van der Waals surface area contributed by atoms with Crippen LogP contribution in [0.5, 0.6) is 0 Å². The lowest BCUT2D eigenvalue weighted by atomic mass is 10.1. The topological polar surface area (TPSA) is 61.4 Å².